The van der Waals surface area contributed by atoms with Gasteiger partial charge >= 0.3 is 5.97 Å². The molecule has 3 saturated carbocycles. The molecule has 28 heavy (non-hydrogen) atoms. The van der Waals surface area contributed by atoms with E-state index in [1.165, 1.54) is 32.1 Å². The first-order valence-electron chi connectivity index (χ1n) is 11.7. The number of allylic oxidation sites excluding steroid dienone is 2. The molecule has 0 aromatic rings. The lowest BCUT2D eigenvalue weighted by Gasteiger charge is -2.60. The Balaban J connectivity index is 1.59. The number of rotatable bonds is 4. The second-order valence-corrected chi connectivity index (χ2v) is 10.6. The van der Waals surface area contributed by atoms with Gasteiger partial charge in [0.2, 0.25) is 0 Å². The lowest BCUT2D eigenvalue weighted by Crippen LogP contribution is -2.56. The molecule has 2 nitrogen and oxygen atoms in total. The third kappa shape index (κ3) is 2.79. The molecular weight excluding hydrogens is 344 g/mol. The van der Waals surface area contributed by atoms with Crippen LogP contribution in [0.25, 0.3) is 0 Å². The molecule has 2 heteroatoms. The number of esters is 1. The monoisotopic (exact) mass is 382 g/mol. The number of fused-ring (bicyclic) bond motifs is 5. The van der Waals surface area contributed by atoms with Gasteiger partial charge in [0.25, 0.3) is 0 Å². The minimum absolute atomic E-state index is 0.0570. The maximum absolute atomic E-state index is 12.5. The average molecular weight is 383 g/mol. The second-order valence-electron chi connectivity index (χ2n) is 10.6. The Labute approximate surface area is 171 Å². The highest BCUT2D eigenvalue weighted by Gasteiger charge is 2.65. The van der Waals surface area contributed by atoms with E-state index in [4.69, 9.17) is 11.2 Å². The molecule has 0 amide bonds. The highest BCUT2D eigenvalue weighted by molar-refractivity contribution is 5.70. The summed E-state index contributed by atoms with van der Waals surface area (Å²) in [5.41, 5.74) is -0.283. The van der Waals surface area contributed by atoms with Crippen molar-refractivity contribution in [3.8, 4) is 12.3 Å². The quantitative estimate of drug-likeness (QED) is 0.324. The maximum Gasteiger partial charge on any atom is 0.307 e. The zero-order valence-electron chi connectivity index (χ0n) is 18.1. The molecule has 0 aromatic heterocycles. The standard InChI is InChI=1S/C26H38O2/c1-5-7-11-23(27)28-26(6-2)18-15-22-20-13-12-19-10-8-9-16-24(19,3)21(20)14-17-25(22,26)4/h2,8-9,19-22H,5,7,10-18H2,1,3-4H3/t19-,20-,21+,22+,24+,25+,26+/m1/s1. The molecule has 0 spiro atoms. The van der Waals surface area contributed by atoms with E-state index in [1.54, 1.807) is 0 Å². The van der Waals surface area contributed by atoms with E-state index in [0.717, 1.165) is 49.9 Å². The van der Waals surface area contributed by atoms with Gasteiger partial charge in [0, 0.05) is 11.8 Å². The molecule has 0 aromatic carbocycles. The lowest BCUT2D eigenvalue weighted by molar-refractivity contribution is -0.175. The molecule has 4 rings (SSSR count). The summed E-state index contributed by atoms with van der Waals surface area (Å²) in [4.78, 5) is 12.5. The molecule has 0 aliphatic heterocycles. The van der Waals surface area contributed by atoms with E-state index >= 15 is 0 Å². The fraction of sp³-hybridized carbons (Fsp3) is 0.808. The molecule has 0 unspecified atom stereocenters. The van der Waals surface area contributed by atoms with E-state index in [-0.39, 0.29) is 11.4 Å². The molecule has 4 aliphatic rings. The van der Waals surface area contributed by atoms with Crippen LogP contribution in [0.4, 0.5) is 0 Å². The first kappa shape index (κ1) is 20.1. The molecule has 7 atom stereocenters. The van der Waals surface area contributed by atoms with Crippen LogP contribution in [-0.4, -0.2) is 11.6 Å². The molecule has 4 aliphatic carbocycles. The summed E-state index contributed by atoms with van der Waals surface area (Å²) >= 11 is 0. The highest BCUT2D eigenvalue weighted by atomic mass is 16.6. The Bertz CT molecular complexity index is 687. The van der Waals surface area contributed by atoms with Crippen LogP contribution < -0.4 is 0 Å². The summed E-state index contributed by atoms with van der Waals surface area (Å²) in [6.07, 6.45) is 22.9. The van der Waals surface area contributed by atoms with Gasteiger partial charge < -0.3 is 4.74 Å². The summed E-state index contributed by atoms with van der Waals surface area (Å²) in [6.45, 7) is 7.02. The van der Waals surface area contributed by atoms with Gasteiger partial charge in [-0.05, 0) is 86.9 Å². The lowest BCUT2D eigenvalue weighted by atomic mass is 9.45. The second kappa shape index (κ2) is 7.23. The molecular formula is C26H38O2. The summed E-state index contributed by atoms with van der Waals surface area (Å²) in [7, 11) is 0. The largest absolute Gasteiger partial charge is 0.445 e. The number of hydrogen-bond donors (Lipinski definition) is 0. The van der Waals surface area contributed by atoms with Gasteiger partial charge in [-0.15, -0.1) is 6.42 Å². The molecule has 0 saturated heterocycles. The molecule has 0 N–H and O–H groups in total. The fourth-order valence-electron chi connectivity index (χ4n) is 7.84. The van der Waals surface area contributed by atoms with Gasteiger partial charge in [0.05, 0.1) is 0 Å². The summed E-state index contributed by atoms with van der Waals surface area (Å²) in [5.74, 6) is 5.95. The number of carbonyl (C=O) groups excluding carboxylic acids is 1. The smallest absolute Gasteiger partial charge is 0.307 e. The Hall–Kier alpha value is -1.23. The first-order chi connectivity index (χ1) is 13.4. The van der Waals surface area contributed by atoms with Crippen molar-refractivity contribution in [2.24, 2.45) is 34.5 Å². The van der Waals surface area contributed by atoms with E-state index in [2.05, 4.69) is 38.8 Å². The van der Waals surface area contributed by atoms with Crippen molar-refractivity contribution in [2.45, 2.75) is 97.0 Å². The van der Waals surface area contributed by atoms with E-state index < -0.39 is 5.60 Å². The van der Waals surface area contributed by atoms with Crippen molar-refractivity contribution in [1.29, 1.82) is 0 Å². The predicted octanol–water partition coefficient (Wildman–Crippen LogP) is 6.30. The van der Waals surface area contributed by atoms with Gasteiger partial charge in [-0.3, -0.25) is 4.79 Å². The average Bonchev–Trinajstić information content (AvgIpc) is 2.98. The molecule has 0 bridgehead atoms. The van der Waals surface area contributed by atoms with Crippen molar-refractivity contribution in [1.82, 2.24) is 0 Å². The molecule has 3 fully saturated rings. The van der Waals surface area contributed by atoms with Crippen LogP contribution in [0.5, 0.6) is 0 Å². The predicted molar refractivity (Wildman–Crippen MR) is 113 cm³/mol. The summed E-state index contributed by atoms with van der Waals surface area (Å²) in [5, 5.41) is 0. The van der Waals surface area contributed by atoms with Crippen LogP contribution in [0, 0.1) is 46.8 Å². The third-order valence-electron chi connectivity index (χ3n) is 9.59. The molecule has 0 radical (unpaired) electrons. The molecule has 0 heterocycles. The first-order valence-corrected chi connectivity index (χ1v) is 11.7. The van der Waals surface area contributed by atoms with Gasteiger partial charge in [-0.25, -0.2) is 0 Å². The maximum atomic E-state index is 12.5. The summed E-state index contributed by atoms with van der Waals surface area (Å²) < 4.78 is 6.15. The van der Waals surface area contributed by atoms with Crippen LogP contribution in [0.1, 0.15) is 91.4 Å². The van der Waals surface area contributed by atoms with E-state index in [1.807, 2.05) is 0 Å². The van der Waals surface area contributed by atoms with Crippen LogP contribution in [0.2, 0.25) is 0 Å². The van der Waals surface area contributed by atoms with Gasteiger partial charge in [-0.1, -0.05) is 45.3 Å². The van der Waals surface area contributed by atoms with Gasteiger partial charge in [0.15, 0.2) is 5.60 Å². The SMILES string of the molecule is C#C[C@]1(OC(=O)CCCC)CC[C@H]2[C@@H]3CC[C@H]4CC=CC[C@]4(C)[C@H]3CC[C@@]21C. The van der Waals surface area contributed by atoms with Crippen molar-refractivity contribution in [3.63, 3.8) is 0 Å². The molecule has 154 valence electrons. The van der Waals surface area contributed by atoms with Crippen molar-refractivity contribution < 1.29 is 9.53 Å². The number of ether oxygens (including phenoxy) is 1. The van der Waals surface area contributed by atoms with E-state index in [0.29, 0.717) is 17.8 Å². The van der Waals surface area contributed by atoms with Gasteiger partial charge in [0.1, 0.15) is 0 Å². The summed E-state index contributed by atoms with van der Waals surface area (Å²) in [6, 6.07) is 0. The van der Waals surface area contributed by atoms with Gasteiger partial charge in [-0.2, -0.15) is 0 Å². The number of carbonyl (C=O) groups is 1. The normalized spacial score (nSPS) is 46.8. The highest BCUT2D eigenvalue weighted by Crippen LogP contribution is 2.68. The minimum Gasteiger partial charge on any atom is -0.445 e. The fourth-order valence-corrected chi connectivity index (χ4v) is 7.84. The van der Waals surface area contributed by atoms with Crippen molar-refractivity contribution >= 4 is 5.97 Å². The number of unbranched alkanes of at least 4 members (excludes halogenated alkanes) is 1. The van der Waals surface area contributed by atoms with Crippen LogP contribution in [0.15, 0.2) is 12.2 Å². The van der Waals surface area contributed by atoms with Crippen LogP contribution in [0.3, 0.4) is 0 Å². The Morgan fingerprint density at radius 1 is 1.14 bits per heavy atom. The zero-order valence-corrected chi connectivity index (χ0v) is 18.1. The number of terminal acetylenes is 1. The van der Waals surface area contributed by atoms with Crippen LogP contribution >= 0.6 is 0 Å². The zero-order chi connectivity index (χ0) is 20.0. The Morgan fingerprint density at radius 3 is 2.68 bits per heavy atom. The van der Waals surface area contributed by atoms with Crippen LogP contribution in [-0.2, 0) is 9.53 Å². The van der Waals surface area contributed by atoms with Crippen molar-refractivity contribution in [3.05, 3.63) is 12.2 Å². The minimum atomic E-state index is -0.683. The number of hydrogen-bond acceptors (Lipinski definition) is 2. The van der Waals surface area contributed by atoms with Crippen molar-refractivity contribution in [2.75, 3.05) is 0 Å². The van der Waals surface area contributed by atoms with E-state index in [9.17, 15) is 4.79 Å². The Kier molecular flexibility index (Phi) is 5.18. The Morgan fingerprint density at radius 2 is 1.93 bits per heavy atom. The third-order valence-corrected chi connectivity index (χ3v) is 9.59. The topological polar surface area (TPSA) is 26.3 Å².